The largest absolute Gasteiger partial charge is 0.378 e. The van der Waals surface area contributed by atoms with Crippen molar-refractivity contribution in [1.82, 2.24) is 4.72 Å². The molecule has 0 aliphatic rings. The van der Waals surface area contributed by atoms with E-state index in [1.165, 1.54) is 24.3 Å². The lowest BCUT2D eigenvalue weighted by atomic mass is 10.2. The third kappa shape index (κ3) is 5.69. The Bertz CT molecular complexity index is 833. The lowest BCUT2D eigenvalue weighted by Gasteiger charge is -2.11. The van der Waals surface area contributed by atoms with Crippen molar-refractivity contribution in [3.05, 3.63) is 65.5 Å². The number of nitrogens with zero attached hydrogens (tertiary/aromatic N) is 1. The fraction of sp³-hybridized carbons (Fsp3) is 0.222. The highest BCUT2D eigenvalue weighted by Crippen LogP contribution is 2.11. The number of nitrogens with one attached hydrogen (secondary N) is 1. The Morgan fingerprint density at radius 1 is 1.04 bits per heavy atom. The van der Waals surface area contributed by atoms with E-state index in [4.69, 9.17) is 0 Å². The summed E-state index contributed by atoms with van der Waals surface area (Å²) in [7, 11) is 0.408. The normalized spacial score (nSPS) is 10.8. The Morgan fingerprint density at radius 2 is 1.67 bits per heavy atom. The minimum Gasteiger partial charge on any atom is -0.378 e. The Hall–Kier alpha value is -2.36. The van der Waals surface area contributed by atoms with Crippen molar-refractivity contribution >= 4 is 15.7 Å². The first-order chi connectivity index (χ1) is 11.4. The zero-order valence-electron chi connectivity index (χ0n) is 13.6. The van der Waals surface area contributed by atoms with Crippen LogP contribution in [0.1, 0.15) is 11.1 Å². The van der Waals surface area contributed by atoms with E-state index in [9.17, 15) is 12.8 Å². The topological polar surface area (TPSA) is 49.4 Å². The van der Waals surface area contributed by atoms with Gasteiger partial charge in [-0.15, -0.1) is 0 Å². The molecule has 0 unspecified atom stereocenters. The van der Waals surface area contributed by atoms with Gasteiger partial charge in [0.25, 0.3) is 0 Å². The number of hydrogen-bond acceptors (Lipinski definition) is 3. The molecule has 0 aromatic heterocycles. The molecule has 0 aliphatic heterocycles. The fourth-order valence-electron chi connectivity index (χ4n) is 1.99. The van der Waals surface area contributed by atoms with Crippen LogP contribution in [-0.2, 0) is 15.8 Å². The second kappa shape index (κ2) is 7.95. The molecule has 0 amide bonds. The molecule has 126 valence electrons. The van der Waals surface area contributed by atoms with Crippen LogP contribution in [0.15, 0.2) is 48.5 Å². The Morgan fingerprint density at radius 3 is 2.25 bits per heavy atom. The summed E-state index contributed by atoms with van der Waals surface area (Å²) in [6, 6.07) is 13.0. The fourth-order valence-corrected chi connectivity index (χ4v) is 3.01. The molecule has 2 rings (SSSR count). The van der Waals surface area contributed by atoms with Gasteiger partial charge in [0, 0.05) is 25.3 Å². The van der Waals surface area contributed by atoms with Crippen molar-refractivity contribution in [3.63, 3.8) is 0 Å². The van der Waals surface area contributed by atoms with Crippen LogP contribution in [0.25, 0.3) is 0 Å². The first-order valence-electron chi connectivity index (χ1n) is 7.34. The summed E-state index contributed by atoms with van der Waals surface area (Å²) in [6.45, 7) is 0.0267. The van der Waals surface area contributed by atoms with Gasteiger partial charge in [0.15, 0.2) is 0 Å². The standard InChI is InChI=1S/C18H19FN2O2S/c1-21(2)18-11-7-15(8-12-18)4-3-13-20-24(22,23)14-16-5-9-17(19)10-6-16/h5-12,20H,13-14H2,1-2H3. The zero-order valence-corrected chi connectivity index (χ0v) is 14.4. The van der Waals surface area contributed by atoms with Gasteiger partial charge in [-0.1, -0.05) is 24.0 Å². The monoisotopic (exact) mass is 346 g/mol. The van der Waals surface area contributed by atoms with Crippen LogP contribution in [-0.4, -0.2) is 29.1 Å². The van der Waals surface area contributed by atoms with Gasteiger partial charge in [0.2, 0.25) is 10.0 Å². The van der Waals surface area contributed by atoms with E-state index in [2.05, 4.69) is 16.6 Å². The van der Waals surface area contributed by atoms with Gasteiger partial charge >= 0.3 is 0 Å². The van der Waals surface area contributed by atoms with E-state index in [1.54, 1.807) is 0 Å². The van der Waals surface area contributed by atoms with Crippen LogP contribution >= 0.6 is 0 Å². The molecule has 0 saturated heterocycles. The molecular formula is C18H19FN2O2S. The first kappa shape index (κ1) is 18.0. The Labute approximate surface area is 142 Å². The molecule has 0 spiro atoms. The van der Waals surface area contributed by atoms with E-state index in [0.717, 1.165) is 11.3 Å². The second-order valence-corrected chi connectivity index (χ2v) is 7.26. The lowest BCUT2D eigenvalue weighted by Crippen LogP contribution is -2.25. The summed E-state index contributed by atoms with van der Waals surface area (Å²) >= 11 is 0. The van der Waals surface area contributed by atoms with Crippen molar-refractivity contribution in [2.75, 3.05) is 25.5 Å². The van der Waals surface area contributed by atoms with E-state index in [-0.39, 0.29) is 12.3 Å². The summed E-state index contributed by atoms with van der Waals surface area (Å²) in [4.78, 5) is 1.99. The van der Waals surface area contributed by atoms with Crippen LogP contribution < -0.4 is 9.62 Å². The average Bonchev–Trinajstić information content (AvgIpc) is 2.54. The molecule has 4 nitrogen and oxygen atoms in total. The molecule has 0 heterocycles. The van der Waals surface area contributed by atoms with E-state index < -0.39 is 15.8 Å². The molecule has 0 radical (unpaired) electrons. The highest BCUT2D eigenvalue weighted by molar-refractivity contribution is 7.88. The van der Waals surface area contributed by atoms with Gasteiger partial charge in [-0.3, -0.25) is 0 Å². The van der Waals surface area contributed by atoms with Crippen molar-refractivity contribution < 1.29 is 12.8 Å². The minimum atomic E-state index is -3.50. The Kier molecular flexibility index (Phi) is 5.96. The van der Waals surface area contributed by atoms with Crippen molar-refractivity contribution in [1.29, 1.82) is 0 Å². The number of benzene rings is 2. The molecule has 2 aromatic carbocycles. The SMILES string of the molecule is CN(C)c1ccc(C#CCNS(=O)(=O)Cc2ccc(F)cc2)cc1. The van der Waals surface area contributed by atoms with Gasteiger partial charge < -0.3 is 4.90 Å². The molecule has 2 aromatic rings. The third-order valence-corrected chi connectivity index (χ3v) is 4.56. The third-order valence-electron chi connectivity index (χ3n) is 3.27. The van der Waals surface area contributed by atoms with E-state index >= 15 is 0 Å². The van der Waals surface area contributed by atoms with Crippen LogP contribution in [0, 0.1) is 17.7 Å². The smallest absolute Gasteiger partial charge is 0.216 e. The summed E-state index contributed by atoms with van der Waals surface area (Å²) < 4.78 is 39.1. The predicted molar refractivity (Wildman–Crippen MR) is 94.7 cm³/mol. The van der Waals surface area contributed by atoms with Crippen molar-refractivity contribution in [3.8, 4) is 11.8 Å². The number of sulfonamides is 1. The molecule has 0 saturated carbocycles. The predicted octanol–water partition coefficient (Wildman–Crippen LogP) is 2.36. The second-order valence-electron chi connectivity index (χ2n) is 5.45. The quantitative estimate of drug-likeness (QED) is 0.846. The maximum atomic E-state index is 12.8. The van der Waals surface area contributed by atoms with E-state index in [0.29, 0.717) is 5.56 Å². The van der Waals surface area contributed by atoms with Crippen LogP contribution in [0.2, 0.25) is 0 Å². The number of anilines is 1. The summed E-state index contributed by atoms with van der Waals surface area (Å²) in [5, 5.41) is 0. The van der Waals surface area contributed by atoms with Crippen molar-refractivity contribution in [2.24, 2.45) is 0 Å². The molecule has 0 aliphatic carbocycles. The van der Waals surface area contributed by atoms with Gasteiger partial charge in [0.1, 0.15) is 5.82 Å². The molecule has 1 N–H and O–H groups in total. The van der Waals surface area contributed by atoms with Crippen LogP contribution in [0.5, 0.6) is 0 Å². The first-order valence-corrected chi connectivity index (χ1v) is 8.99. The van der Waals surface area contributed by atoms with Crippen molar-refractivity contribution in [2.45, 2.75) is 5.75 Å². The summed E-state index contributed by atoms with van der Waals surface area (Å²) in [5.41, 5.74) is 2.41. The maximum absolute atomic E-state index is 12.8. The maximum Gasteiger partial charge on any atom is 0.216 e. The van der Waals surface area contributed by atoms with Gasteiger partial charge in [-0.2, -0.15) is 0 Å². The summed E-state index contributed by atoms with van der Waals surface area (Å²) in [5.74, 6) is 5.10. The molecule has 0 atom stereocenters. The van der Waals surface area contributed by atoms with Gasteiger partial charge in [-0.05, 0) is 42.0 Å². The molecule has 0 fully saturated rings. The molecular weight excluding hydrogens is 327 g/mol. The van der Waals surface area contributed by atoms with Gasteiger partial charge in [0.05, 0.1) is 12.3 Å². The molecule has 0 bridgehead atoms. The average molecular weight is 346 g/mol. The number of rotatable bonds is 5. The van der Waals surface area contributed by atoms with E-state index in [1.807, 2.05) is 43.3 Å². The number of hydrogen-bond donors (Lipinski definition) is 1. The molecule has 6 heteroatoms. The van der Waals surface area contributed by atoms with Crippen LogP contribution in [0.3, 0.4) is 0 Å². The summed E-state index contributed by atoms with van der Waals surface area (Å²) in [6.07, 6.45) is 0. The zero-order chi connectivity index (χ0) is 17.6. The highest BCUT2D eigenvalue weighted by Gasteiger charge is 2.10. The van der Waals surface area contributed by atoms with Gasteiger partial charge in [-0.25, -0.2) is 17.5 Å². The minimum absolute atomic E-state index is 0.0267. The Balaban J connectivity index is 1.90. The number of halogens is 1. The lowest BCUT2D eigenvalue weighted by molar-refractivity contribution is 0.585. The highest BCUT2D eigenvalue weighted by atomic mass is 32.2. The van der Waals surface area contributed by atoms with Crippen LogP contribution in [0.4, 0.5) is 10.1 Å². The molecule has 24 heavy (non-hydrogen) atoms.